The van der Waals surface area contributed by atoms with Crippen LogP contribution in [-0.2, 0) is 4.79 Å². The number of amides is 1. The number of carbonyl (C=O) groups excluding carboxylic acids is 1. The van der Waals surface area contributed by atoms with Crippen LogP contribution < -0.4 is 4.90 Å². The van der Waals surface area contributed by atoms with Crippen molar-refractivity contribution >= 4 is 35.0 Å². The summed E-state index contributed by atoms with van der Waals surface area (Å²) in [6.07, 6.45) is 7.46. The van der Waals surface area contributed by atoms with Crippen LogP contribution in [0.5, 0.6) is 0 Å². The summed E-state index contributed by atoms with van der Waals surface area (Å²) in [5.74, 6) is 0.827. The molecule has 142 valence electrons. The van der Waals surface area contributed by atoms with Crippen molar-refractivity contribution in [3.8, 4) is 5.69 Å². The lowest BCUT2D eigenvalue weighted by atomic mass is 10.2. The van der Waals surface area contributed by atoms with Gasteiger partial charge in [0.15, 0.2) is 5.15 Å². The number of pyridine rings is 1. The lowest BCUT2D eigenvalue weighted by molar-refractivity contribution is -0.121. The second-order valence-electron chi connectivity index (χ2n) is 6.22. The van der Waals surface area contributed by atoms with Crippen LogP contribution in [0.25, 0.3) is 5.69 Å². The summed E-state index contributed by atoms with van der Waals surface area (Å²) in [7, 11) is 0. The Kier molecular flexibility index (Phi) is 7.97. The molecule has 0 aromatic carbocycles. The van der Waals surface area contributed by atoms with Gasteiger partial charge in [-0.2, -0.15) is 16.9 Å². The minimum Gasteiger partial charge on any atom is -0.308 e. The van der Waals surface area contributed by atoms with Crippen molar-refractivity contribution in [1.82, 2.24) is 14.8 Å². The summed E-state index contributed by atoms with van der Waals surface area (Å²) >= 11 is 8.22. The number of nitrogens with zero attached hydrogens (tertiary/aromatic N) is 4. The second-order valence-corrected chi connectivity index (χ2v) is 7.91. The van der Waals surface area contributed by atoms with Crippen molar-refractivity contribution in [3.63, 3.8) is 0 Å². The highest BCUT2D eigenvalue weighted by Gasteiger charge is 2.25. The molecule has 0 saturated carbocycles. The van der Waals surface area contributed by atoms with Gasteiger partial charge in [-0.25, -0.2) is 4.68 Å². The highest BCUT2D eigenvalue weighted by molar-refractivity contribution is 7.99. The third-order valence-electron chi connectivity index (χ3n) is 4.35. The van der Waals surface area contributed by atoms with E-state index >= 15 is 0 Å². The Morgan fingerprint density at radius 3 is 2.65 bits per heavy atom. The minimum absolute atomic E-state index is 0.0710. The Balaban J connectivity index is 2.14. The quantitative estimate of drug-likeness (QED) is 0.611. The third kappa shape index (κ3) is 5.01. The first-order valence-corrected chi connectivity index (χ1v) is 10.5. The molecule has 0 aliphatic rings. The molecule has 1 unspecified atom stereocenters. The predicted molar refractivity (Wildman–Crippen MR) is 110 cm³/mol. The molecule has 26 heavy (non-hydrogen) atoms. The van der Waals surface area contributed by atoms with Gasteiger partial charge >= 0.3 is 0 Å². The van der Waals surface area contributed by atoms with Gasteiger partial charge in [-0.3, -0.25) is 9.78 Å². The van der Waals surface area contributed by atoms with Gasteiger partial charge in [-0.15, -0.1) is 0 Å². The van der Waals surface area contributed by atoms with Crippen LogP contribution in [0, 0.1) is 5.92 Å². The van der Waals surface area contributed by atoms with Crippen molar-refractivity contribution in [2.24, 2.45) is 5.92 Å². The summed E-state index contributed by atoms with van der Waals surface area (Å²) in [6.45, 7) is 8.88. The molecule has 1 atom stereocenters. The highest BCUT2D eigenvalue weighted by atomic mass is 35.5. The highest BCUT2D eigenvalue weighted by Crippen LogP contribution is 2.28. The normalized spacial score (nSPS) is 12.4. The van der Waals surface area contributed by atoms with E-state index in [0.717, 1.165) is 24.3 Å². The van der Waals surface area contributed by atoms with E-state index in [2.05, 4.69) is 23.9 Å². The predicted octanol–water partition coefficient (Wildman–Crippen LogP) is 4.83. The molecule has 2 heterocycles. The topological polar surface area (TPSA) is 51.0 Å². The number of anilines is 1. The van der Waals surface area contributed by atoms with Crippen LogP contribution >= 0.6 is 23.4 Å². The molecule has 0 bridgehead atoms. The molecule has 2 aromatic heterocycles. The van der Waals surface area contributed by atoms with Crippen LogP contribution in [0.15, 0.2) is 30.7 Å². The van der Waals surface area contributed by atoms with Crippen LogP contribution in [0.4, 0.5) is 5.69 Å². The van der Waals surface area contributed by atoms with Crippen LogP contribution in [0.2, 0.25) is 5.15 Å². The number of thioether (sulfide) groups is 1. The molecule has 0 fully saturated rings. The molecule has 1 amide bonds. The summed E-state index contributed by atoms with van der Waals surface area (Å²) < 4.78 is 1.66. The monoisotopic (exact) mass is 394 g/mol. The van der Waals surface area contributed by atoms with Crippen molar-refractivity contribution in [3.05, 3.63) is 35.9 Å². The minimum atomic E-state index is -0.0710. The van der Waals surface area contributed by atoms with E-state index in [4.69, 9.17) is 11.6 Å². The van der Waals surface area contributed by atoms with Crippen LogP contribution in [0.1, 0.15) is 40.5 Å². The average Bonchev–Trinajstić information content (AvgIpc) is 3.05. The summed E-state index contributed by atoms with van der Waals surface area (Å²) in [5.41, 5.74) is 1.45. The molecular formula is C19H27ClN4OS. The maximum atomic E-state index is 13.0. The molecule has 2 aromatic rings. The van der Waals surface area contributed by atoms with Gasteiger partial charge in [0, 0.05) is 29.7 Å². The fourth-order valence-electron chi connectivity index (χ4n) is 2.73. The summed E-state index contributed by atoms with van der Waals surface area (Å²) in [5, 5.41) is 5.27. The number of hydrogen-bond donors (Lipinski definition) is 0. The van der Waals surface area contributed by atoms with Crippen molar-refractivity contribution < 1.29 is 4.79 Å². The molecule has 2 rings (SSSR count). The lowest BCUT2D eigenvalue weighted by Gasteiger charge is -2.24. The van der Waals surface area contributed by atoms with Crippen LogP contribution in [0.3, 0.4) is 0 Å². The molecule has 0 aliphatic heterocycles. The standard InChI is InChI=1S/C19H27ClN4OS/c1-5-16(6-2)26-13-14(4)19(25)23(7-3)17-12-24(22-18(17)20)15-9-8-10-21-11-15/h8-12,14,16H,5-7,13H2,1-4H3. The van der Waals surface area contributed by atoms with Crippen molar-refractivity contribution in [2.45, 2.75) is 45.8 Å². The average molecular weight is 395 g/mol. The van der Waals surface area contributed by atoms with Gasteiger partial charge in [-0.05, 0) is 31.9 Å². The van der Waals surface area contributed by atoms with Gasteiger partial charge in [0.2, 0.25) is 5.91 Å². The first-order valence-electron chi connectivity index (χ1n) is 9.10. The Bertz CT molecular complexity index is 703. The molecule has 0 aliphatic carbocycles. The van der Waals surface area contributed by atoms with Crippen molar-refractivity contribution in [1.29, 1.82) is 0 Å². The van der Waals surface area contributed by atoms with E-state index in [0.29, 0.717) is 22.6 Å². The number of hydrogen-bond acceptors (Lipinski definition) is 4. The van der Waals surface area contributed by atoms with E-state index in [1.165, 1.54) is 0 Å². The Hall–Kier alpha value is -1.53. The summed E-state index contributed by atoms with van der Waals surface area (Å²) in [6, 6.07) is 3.73. The number of carbonyl (C=O) groups is 1. The smallest absolute Gasteiger partial charge is 0.230 e. The van der Waals surface area contributed by atoms with Crippen LogP contribution in [-0.4, -0.2) is 38.2 Å². The maximum Gasteiger partial charge on any atom is 0.230 e. The van der Waals surface area contributed by atoms with Gasteiger partial charge in [-0.1, -0.05) is 32.4 Å². The van der Waals surface area contributed by atoms with E-state index in [-0.39, 0.29) is 11.8 Å². The molecule has 0 N–H and O–H groups in total. The Morgan fingerprint density at radius 2 is 2.08 bits per heavy atom. The molecular weight excluding hydrogens is 368 g/mol. The van der Waals surface area contributed by atoms with Gasteiger partial charge in [0.25, 0.3) is 0 Å². The zero-order valence-corrected chi connectivity index (χ0v) is 17.4. The number of aromatic nitrogens is 3. The Morgan fingerprint density at radius 1 is 1.35 bits per heavy atom. The Labute approximate surface area is 165 Å². The molecule has 0 saturated heterocycles. The van der Waals surface area contributed by atoms with Crippen molar-refractivity contribution in [2.75, 3.05) is 17.2 Å². The van der Waals surface area contributed by atoms with Gasteiger partial charge in [0.1, 0.15) is 5.69 Å². The third-order valence-corrected chi connectivity index (χ3v) is 6.45. The number of halogens is 1. The zero-order valence-electron chi connectivity index (χ0n) is 15.9. The summed E-state index contributed by atoms with van der Waals surface area (Å²) in [4.78, 5) is 18.8. The fourth-order valence-corrected chi connectivity index (χ4v) is 4.14. The van der Waals surface area contributed by atoms with E-state index in [1.807, 2.05) is 37.7 Å². The largest absolute Gasteiger partial charge is 0.308 e. The zero-order chi connectivity index (χ0) is 19.1. The first-order chi connectivity index (χ1) is 12.5. The maximum absolute atomic E-state index is 13.0. The van der Waals surface area contributed by atoms with Gasteiger partial charge < -0.3 is 4.90 Å². The molecule has 0 spiro atoms. The molecule has 0 radical (unpaired) electrons. The number of rotatable bonds is 9. The van der Waals surface area contributed by atoms with Gasteiger partial charge in [0.05, 0.1) is 18.1 Å². The lowest BCUT2D eigenvalue weighted by Crippen LogP contribution is -2.36. The van der Waals surface area contributed by atoms with E-state index in [9.17, 15) is 4.79 Å². The fraction of sp³-hybridized carbons (Fsp3) is 0.526. The van der Waals surface area contributed by atoms with E-state index in [1.54, 1.807) is 28.2 Å². The molecule has 5 nitrogen and oxygen atoms in total. The SMILES string of the molecule is CCC(CC)SCC(C)C(=O)N(CC)c1cn(-c2cccnc2)nc1Cl. The first kappa shape index (κ1) is 20.8. The van der Waals surface area contributed by atoms with E-state index < -0.39 is 0 Å². The second kappa shape index (κ2) is 9.97. The molecule has 7 heteroatoms.